The van der Waals surface area contributed by atoms with Gasteiger partial charge in [0.15, 0.2) is 0 Å². The molecule has 0 aromatic carbocycles. The van der Waals surface area contributed by atoms with Crippen molar-refractivity contribution in [2.24, 2.45) is 17.8 Å². The van der Waals surface area contributed by atoms with Crippen LogP contribution in [0.4, 0.5) is 0 Å². The van der Waals surface area contributed by atoms with Crippen LogP contribution in [0.1, 0.15) is 13.8 Å². The summed E-state index contributed by atoms with van der Waals surface area (Å²) < 4.78 is 0. The number of Topliss-reactive ketones (excluding diaryl/α,β-unsaturated/α-hetero) is 1. The van der Waals surface area contributed by atoms with Gasteiger partial charge in [-0.3, -0.25) is 4.79 Å². The van der Waals surface area contributed by atoms with Crippen LogP contribution in [0.2, 0.25) is 0 Å². The van der Waals surface area contributed by atoms with E-state index in [1.54, 1.807) is 0 Å². The molecular weight excluding hydrogens is 168 g/mol. The van der Waals surface area contributed by atoms with Crippen molar-refractivity contribution in [3.63, 3.8) is 0 Å². The fraction of sp³-hybridized carbons (Fsp3) is 0.667. The van der Waals surface area contributed by atoms with Gasteiger partial charge in [0.25, 0.3) is 0 Å². The van der Waals surface area contributed by atoms with Gasteiger partial charge in [-0.05, 0) is 13.8 Å². The second-order valence-electron chi connectivity index (χ2n) is 3.58. The maximum absolute atomic E-state index is 11.1. The number of carbonyl (C=O) groups excluding carboxylic acids is 1. The molecule has 4 unspecified atom stereocenters. The van der Waals surface area contributed by atoms with Crippen LogP contribution in [0.3, 0.4) is 0 Å². The van der Waals surface area contributed by atoms with Crippen molar-refractivity contribution in [1.29, 1.82) is 10.5 Å². The van der Waals surface area contributed by atoms with E-state index in [4.69, 9.17) is 10.5 Å². The molecule has 1 fully saturated rings. The Labute approximate surface area is 76.4 Å². The van der Waals surface area contributed by atoms with E-state index in [0.717, 1.165) is 0 Å². The molecule has 4 heteroatoms. The lowest BCUT2D eigenvalue weighted by Gasteiger charge is -2.49. The normalized spacial score (nSPS) is 42.7. The lowest BCUT2D eigenvalue weighted by molar-refractivity contribution is -0.164. The SMILES string of the molecule is CC(=O)C1C(C#N)C(C#N)C1(C)O. The quantitative estimate of drug-likeness (QED) is 0.623. The summed E-state index contributed by atoms with van der Waals surface area (Å²) in [6, 6.07) is 3.74. The number of hydrogen-bond acceptors (Lipinski definition) is 4. The molecule has 0 aromatic heterocycles. The third-order valence-corrected chi connectivity index (χ3v) is 2.70. The molecule has 0 bridgehead atoms. The van der Waals surface area contributed by atoms with Crippen LogP contribution in [-0.2, 0) is 4.79 Å². The molecule has 0 spiro atoms. The van der Waals surface area contributed by atoms with Gasteiger partial charge >= 0.3 is 0 Å². The van der Waals surface area contributed by atoms with Crippen molar-refractivity contribution in [1.82, 2.24) is 0 Å². The number of hydrogen-bond donors (Lipinski definition) is 1. The summed E-state index contributed by atoms with van der Waals surface area (Å²) in [4.78, 5) is 11.1. The number of nitriles is 2. The third-order valence-electron chi connectivity index (χ3n) is 2.70. The number of nitrogens with zero attached hydrogens (tertiary/aromatic N) is 2. The highest BCUT2D eigenvalue weighted by Crippen LogP contribution is 2.48. The van der Waals surface area contributed by atoms with E-state index in [-0.39, 0.29) is 5.78 Å². The summed E-state index contributed by atoms with van der Waals surface area (Å²) in [6.45, 7) is 2.76. The van der Waals surface area contributed by atoms with E-state index in [1.807, 2.05) is 12.1 Å². The maximum atomic E-state index is 11.1. The van der Waals surface area contributed by atoms with E-state index in [2.05, 4.69) is 0 Å². The van der Waals surface area contributed by atoms with Crippen molar-refractivity contribution in [2.45, 2.75) is 19.4 Å². The molecule has 1 saturated carbocycles. The largest absolute Gasteiger partial charge is 0.388 e. The zero-order chi connectivity index (χ0) is 10.2. The predicted octanol–water partition coefficient (Wildman–Crippen LogP) is 0.236. The molecule has 0 aliphatic heterocycles. The van der Waals surface area contributed by atoms with Crippen molar-refractivity contribution >= 4 is 5.78 Å². The summed E-state index contributed by atoms with van der Waals surface area (Å²) in [6.07, 6.45) is 0. The van der Waals surface area contributed by atoms with E-state index in [0.29, 0.717) is 0 Å². The molecule has 1 N–H and O–H groups in total. The third kappa shape index (κ3) is 1.11. The number of ketones is 1. The van der Waals surface area contributed by atoms with Crippen molar-refractivity contribution in [2.75, 3.05) is 0 Å². The van der Waals surface area contributed by atoms with E-state index >= 15 is 0 Å². The molecule has 1 rings (SSSR count). The van der Waals surface area contributed by atoms with Gasteiger partial charge in [0, 0.05) is 0 Å². The first kappa shape index (κ1) is 9.70. The van der Waals surface area contributed by atoms with Crippen LogP contribution in [0.15, 0.2) is 0 Å². The predicted molar refractivity (Wildman–Crippen MR) is 43.0 cm³/mol. The zero-order valence-electron chi connectivity index (χ0n) is 7.48. The summed E-state index contributed by atoms with van der Waals surface area (Å²) in [7, 11) is 0. The summed E-state index contributed by atoms with van der Waals surface area (Å²) in [5.41, 5.74) is -1.33. The molecule has 1 aliphatic rings. The van der Waals surface area contributed by atoms with Gasteiger partial charge in [0.1, 0.15) is 5.78 Å². The Bertz CT molecular complexity index is 321. The number of carbonyl (C=O) groups is 1. The lowest BCUT2D eigenvalue weighted by Crippen LogP contribution is -2.62. The molecule has 4 nitrogen and oxygen atoms in total. The Kier molecular flexibility index (Phi) is 2.11. The zero-order valence-corrected chi connectivity index (χ0v) is 7.48. The Hall–Kier alpha value is -1.39. The van der Waals surface area contributed by atoms with Gasteiger partial charge in [-0.1, -0.05) is 0 Å². The Morgan fingerprint density at radius 3 is 2.31 bits per heavy atom. The van der Waals surface area contributed by atoms with Gasteiger partial charge in [-0.15, -0.1) is 0 Å². The number of rotatable bonds is 1. The van der Waals surface area contributed by atoms with E-state index < -0.39 is 23.4 Å². The molecule has 1 aliphatic carbocycles. The van der Waals surface area contributed by atoms with Crippen LogP contribution in [0, 0.1) is 40.4 Å². The van der Waals surface area contributed by atoms with E-state index in [9.17, 15) is 9.90 Å². The molecule has 68 valence electrons. The summed E-state index contributed by atoms with van der Waals surface area (Å²) >= 11 is 0. The fourth-order valence-corrected chi connectivity index (χ4v) is 2.02. The Morgan fingerprint density at radius 1 is 1.46 bits per heavy atom. The minimum Gasteiger partial charge on any atom is -0.388 e. The van der Waals surface area contributed by atoms with Gasteiger partial charge in [0.05, 0.1) is 35.5 Å². The molecule has 4 atom stereocenters. The highest BCUT2D eigenvalue weighted by atomic mass is 16.3. The van der Waals surface area contributed by atoms with Crippen LogP contribution in [0.5, 0.6) is 0 Å². The minimum atomic E-state index is -1.33. The van der Waals surface area contributed by atoms with Crippen LogP contribution in [-0.4, -0.2) is 16.5 Å². The molecule has 13 heavy (non-hydrogen) atoms. The average molecular weight is 178 g/mol. The fourth-order valence-electron chi connectivity index (χ4n) is 2.02. The molecule has 0 amide bonds. The van der Waals surface area contributed by atoms with E-state index in [1.165, 1.54) is 13.8 Å². The highest BCUT2D eigenvalue weighted by Gasteiger charge is 2.61. The maximum Gasteiger partial charge on any atom is 0.137 e. The minimum absolute atomic E-state index is 0.233. The van der Waals surface area contributed by atoms with Gasteiger partial charge in [-0.25, -0.2) is 0 Å². The Morgan fingerprint density at radius 2 is 2.00 bits per heavy atom. The molecule has 0 saturated heterocycles. The lowest BCUT2D eigenvalue weighted by atomic mass is 9.54. The standard InChI is InChI=1S/C9H10N2O2/c1-5(12)8-6(3-10)7(4-11)9(8,2)13/h6-8,13H,1-2H3. The summed E-state index contributed by atoms with van der Waals surface area (Å²) in [5.74, 6) is -2.34. The smallest absolute Gasteiger partial charge is 0.137 e. The first-order chi connectivity index (χ1) is 5.96. The average Bonchev–Trinajstić information content (AvgIpc) is 2.00. The van der Waals surface area contributed by atoms with Gasteiger partial charge in [-0.2, -0.15) is 10.5 Å². The first-order valence-corrected chi connectivity index (χ1v) is 3.98. The number of aliphatic hydroxyl groups is 1. The van der Waals surface area contributed by atoms with Gasteiger partial charge in [0.2, 0.25) is 0 Å². The van der Waals surface area contributed by atoms with Crippen LogP contribution >= 0.6 is 0 Å². The summed E-state index contributed by atoms with van der Waals surface area (Å²) in [5, 5.41) is 27.0. The van der Waals surface area contributed by atoms with Crippen molar-refractivity contribution in [3.05, 3.63) is 0 Å². The molecular formula is C9H10N2O2. The van der Waals surface area contributed by atoms with Gasteiger partial charge < -0.3 is 5.11 Å². The topological polar surface area (TPSA) is 84.9 Å². The second kappa shape index (κ2) is 2.83. The van der Waals surface area contributed by atoms with Crippen molar-refractivity contribution in [3.8, 4) is 12.1 Å². The molecule has 0 heterocycles. The van der Waals surface area contributed by atoms with Crippen molar-refractivity contribution < 1.29 is 9.90 Å². The monoisotopic (exact) mass is 178 g/mol. The first-order valence-electron chi connectivity index (χ1n) is 3.98. The molecule has 0 aromatic rings. The Balaban J connectivity index is 2.97. The molecule has 0 radical (unpaired) electrons. The second-order valence-corrected chi connectivity index (χ2v) is 3.58. The highest BCUT2D eigenvalue weighted by molar-refractivity contribution is 5.82. The van der Waals surface area contributed by atoms with Crippen LogP contribution in [0.25, 0.3) is 0 Å². The van der Waals surface area contributed by atoms with Crippen LogP contribution < -0.4 is 0 Å².